The minimum absolute atomic E-state index is 0.367. The number of fused-ring (bicyclic) bond motifs is 1. The largest absolute Gasteiger partial charge is 0.379 e. The van der Waals surface area contributed by atoms with Crippen LogP contribution in [0, 0.1) is 12.3 Å². The molecule has 1 atom stereocenters. The molecule has 1 aromatic carbocycles. The first-order chi connectivity index (χ1) is 11.5. The number of hydrogen-bond donors (Lipinski definition) is 3. The molecule has 0 aliphatic carbocycles. The number of para-hydroxylation sites is 1. The maximum absolute atomic E-state index is 11.7. The summed E-state index contributed by atoms with van der Waals surface area (Å²) in [5.41, 5.74) is 2.29. The van der Waals surface area contributed by atoms with Crippen LogP contribution < -0.4 is 10.6 Å². The third-order valence-corrected chi connectivity index (χ3v) is 4.82. The lowest BCUT2D eigenvalue weighted by atomic mass is 9.88. The van der Waals surface area contributed by atoms with Gasteiger partial charge in [-0.2, -0.15) is 5.10 Å². The fraction of sp³-hybridized carbons (Fsp3) is 0.556. The number of hydrogen-bond acceptors (Lipinski definition) is 5. The first-order valence-corrected chi connectivity index (χ1v) is 8.41. The van der Waals surface area contributed by atoms with Crippen LogP contribution >= 0.6 is 0 Å². The highest BCUT2D eigenvalue weighted by Crippen LogP contribution is 2.28. The molecule has 0 radical (unpaired) electrons. The van der Waals surface area contributed by atoms with Crippen molar-refractivity contribution in [2.24, 2.45) is 5.41 Å². The monoisotopic (exact) mass is 330 g/mol. The van der Waals surface area contributed by atoms with E-state index in [2.05, 4.69) is 53.7 Å². The molecule has 1 aliphatic heterocycles. The van der Waals surface area contributed by atoms with Crippen molar-refractivity contribution in [1.82, 2.24) is 20.8 Å². The van der Waals surface area contributed by atoms with Gasteiger partial charge in [0.25, 0.3) is 0 Å². The molecule has 24 heavy (non-hydrogen) atoms. The van der Waals surface area contributed by atoms with Crippen LogP contribution in [0.2, 0.25) is 0 Å². The van der Waals surface area contributed by atoms with Gasteiger partial charge in [-0.3, -0.25) is 5.10 Å². The molecule has 0 saturated carbocycles. The molecule has 1 saturated heterocycles. The Morgan fingerprint density at radius 3 is 3.08 bits per heavy atom. The van der Waals surface area contributed by atoms with Crippen molar-refractivity contribution < 1.29 is 9.53 Å². The molecule has 1 aromatic heterocycles. The first kappa shape index (κ1) is 17.1. The lowest BCUT2D eigenvalue weighted by Crippen LogP contribution is -2.50. The van der Waals surface area contributed by atoms with Gasteiger partial charge in [0, 0.05) is 25.0 Å². The van der Waals surface area contributed by atoms with Gasteiger partial charge in [-0.15, -0.1) is 0 Å². The van der Waals surface area contributed by atoms with E-state index in [1.54, 1.807) is 0 Å². The van der Waals surface area contributed by atoms with E-state index in [-0.39, 0.29) is 5.54 Å². The van der Waals surface area contributed by atoms with Crippen LogP contribution in [0.5, 0.6) is 0 Å². The van der Waals surface area contributed by atoms with E-state index < -0.39 is 5.41 Å². The number of carbonyl (C=O) groups excluding carboxylic acids is 1. The number of nitrogens with zero attached hydrogens (tertiary/aromatic N) is 1. The molecular weight excluding hydrogens is 304 g/mol. The van der Waals surface area contributed by atoms with Crippen molar-refractivity contribution >= 4 is 17.2 Å². The van der Waals surface area contributed by atoms with Crippen molar-refractivity contribution in [2.45, 2.75) is 26.3 Å². The minimum atomic E-state index is -0.546. The molecular formula is C18H26N4O2. The van der Waals surface area contributed by atoms with Crippen LogP contribution in [0.25, 0.3) is 10.9 Å². The molecule has 1 unspecified atom stereocenters. The van der Waals surface area contributed by atoms with Gasteiger partial charge in [0.05, 0.1) is 35.4 Å². The number of ether oxygens (including phenoxy) is 1. The summed E-state index contributed by atoms with van der Waals surface area (Å²) in [7, 11) is 0. The fourth-order valence-corrected chi connectivity index (χ4v) is 3.18. The summed E-state index contributed by atoms with van der Waals surface area (Å²) in [6.45, 7) is 9.28. The highest BCUT2D eigenvalue weighted by atomic mass is 16.5. The van der Waals surface area contributed by atoms with E-state index >= 15 is 0 Å². The molecule has 130 valence electrons. The lowest BCUT2D eigenvalue weighted by molar-refractivity contribution is -0.118. The molecule has 0 bridgehead atoms. The molecule has 1 aliphatic rings. The Kier molecular flexibility index (Phi) is 4.71. The van der Waals surface area contributed by atoms with Gasteiger partial charge < -0.3 is 20.2 Å². The van der Waals surface area contributed by atoms with E-state index in [1.165, 1.54) is 5.56 Å². The Bertz CT molecular complexity index is 715. The number of rotatable bonds is 5. The van der Waals surface area contributed by atoms with Crippen LogP contribution in [0.3, 0.4) is 0 Å². The standard InChI is InChI=1S/C18H26N4O2/c1-13-5-4-6-14-15(13)21-22-16(14)17(2,3)20-10-18(11-23)9-19-7-8-24-12-18/h4-6,11,19-20H,7-10,12H2,1-3H3,(H,21,22). The summed E-state index contributed by atoms with van der Waals surface area (Å²) in [6.07, 6.45) is 1.02. The molecule has 1 fully saturated rings. The zero-order chi connectivity index (χ0) is 17.2. The lowest BCUT2D eigenvalue weighted by Gasteiger charge is -2.32. The second-order valence-electron chi connectivity index (χ2n) is 7.26. The van der Waals surface area contributed by atoms with Crippen molar-refractivity contribution in [3.63, 3.8) is 0 Å². The first-order valence-electron chi connectivity index (χ1n) is 8.41. The third kappa shape index (κ3) is 3.22. The van der Waals surface area contributed by atoms with Crippen LogP contribution in [0.4, 0.5) is 0 Å². The van der Waals surface area contributed by atoms with E-state index in [1.807, 2.05) is 6.07 Å². The average molecular weight is 330 g/mol. The SMILES string of the molecule is Cc1cccc2c(C(C)(C)NCC3(C=O)CNCCOC3)n[nH]c12. The Morgan fingerprint density at radius 2 is 2.29 bits per heavy atom. The highest BCUT2D eigenvalue weighted by Gasteiger charge is 2.35. The molecule has 2 heterocycles. The smallest absolute Gasteiger partial charge is 0.131 e. The molecule has 0 amide bonds. The average Bonchev–Trinajstić information content (AvgIpc) is 2.88. The predicted octanol–water partition coefficient (Wildman–Crippen LogP) is 1.50. The van der Waals surface area contributed by atoms with Gasteiger partial charge in [-0.05, 0) is 26.3 Å². The number of aryl methyl sites for hydroxylation is 1. The minimum Gasteiger partial charge on any atom is -0.379 e. The van der Waals surface area contributed by atoms with Crippen molar-refractivity contribution in [1.29, 1.82) is 0 Å². The van der Waals surface area contributed by atoms with E-state index in [4.69, 9.17) is 4.74 Å². The number of aromatic amines is 1. The normalized spacial score (nSPS) is 22.5. The molecule has 6 heteroatoms. The maximum atomic E-state index is 11.7. The van der Waals surface area contributed by atoms with Gasteiger partial charge in [-0.25, -0.2) is 0 Å². The molecule has 3 N–H and O–H groups in total. The summed E-state index contributed by atoms with van der Waals surface area (Å²) < 4.78 is 5.59. The third-order valence-electron chi connectivity index (χ3n) is 4.82. The number of H-pyrrole nitrogens is 1. The van der Waals surface area contributed by atoms with Crippen molar-refractivity contribution in [2.75, 3.05) is 32.8 Å². The van der Waals surface area contributed by atoms with Gasteiger partial charge in [-0.1, -0.05) is 18.2 Å². The second-order valence-corrected chi connectivity index (χ2v) is 7.26. The summed E-state index contributed by atoms with van der Waals surface area (Å²) >= 11 is 0. The second kappa shape index (κ2) is 6.63. The van der Waals surface area contributed by atoms with Crippen molar-refractivity contribution in [3.05, 3.63) is 29.5 Å². The number of carbonyl (C=O) groups is 1. The Morgan fingerprint density at radius 1 is 1.46 bits per heavy atom. The van der Waals surface area contributed by atoms with Gasteiger partial charge in [0.2, 0.25) is 0 Å². The summed E-state index contributed by atoms with van der Waals surface area (Å²) in [6, 6.07) is 6.19. The molecule has 3 rings (SSSR count). The van der Waals surface area contributed by atoms with Crippen LogP contribution in [-0.2, 0) is 15.1 Å². The molecule has 2 aromatic rings. The Labute approximate surface area is 142 Å². The van der Waals surface area contributed by atoms with Crippen LogP contribution in [0.1, 0.15) is 25.1 Å². The highest BCUT2D eigenvalue weighted by molar-refractivity contribution is 5.84. The molecule has 6 nitrogen and oxygen atoms in total. The quantitative estimate of drug-likeness (QED) is 0.724. The Balaban J connectivity index is 1.82. The predicted molar refractivity (Wildman–Crippen MR) is 94.0 cm³/mol. The van der Waals surface area contributed by atoms with E-state index in [0.29, 0.717) is 26.3 Å². The van der Waals surface area contributed by atoms with Crippen LogP contribution in [-0.4, -0.2) is 49.3 Å². The van der Waals surface area contributed by atoms with E-state index in [9.17, 15) is 4.79 Å². The zero-order valence-electron chi connectivity index (χ0n) is 14.6. The summed E-state index contributed by atoms with van der Waals surface area (Å²) in [5.74, 6) is 0. The zero-order valence-corrected chi connectivity index (χ0v) is 14.6. The maximum Gasteiger partial charge on any atom is 0.131 e. The van der Waals surface area contributed by atoms with Crippen LogP contribution in [0.15, 0.2) is 18.2 Å². The van der Waals surface area contributed by atoms with Gasteiger partial charge >= 0.3 is 0 Å². The van der Waals surface area contributed by atoms with Gasteiger partial charge in [0.15, 0.2) is 0 Å². The summed E-state index contributed by atoms with van der Waals surface area (Å²) in [4.78, 5) is 11.7. The topological polar surface area (TPSA) is 79.0 Å². The fourth-order valence-electron chi connectivity index (χ4n) is 3.18. The number of nitrogens with one attached hydrogen (secondary N) is 3. The number of aldehydes is 1. The molecule has 0 spiro atoms. The van der Waals surface area contributed by atoms with Crippen molar-refractivity contribution in [3.8, 4) is 0 Å². The Hall–Kier alpha value is -1.76. The van der Waals surface area contributed by atoms with E-state index in [0.717, 1.165) is 29.4 Å². The van der Waals surface area contributed by atoms with Gasteiger partial charge in [0.1, 0.15) is 6.29 Å². The summed E-state index contributed by atoms with van der Waals surface area (Å²) in [5, 5.41) is 15.6. The number of aromatic nitrogens is 2. The number of benzene rings is 1.